The van der Waals surface area contributed by atoms with Crippen molar-refractivity contribution in [3.05, 3.63) is 64.4 Å². The number of halogens is 2. The minimum atomic E-state index is -0.470. The average Bonchev–Trinajstić information content (AvgIpc) is 2.48. The van der Waals surface area contributed by atoms with Gasteiger partial charge < -0.3 is 10.1 Å². The summed E-state index contributed by atoms with van der Waals surface area (Å²) in [5.74, 6) is 0.0439. The van der Waals surface area contributed by atoms with E-state index in [1.54, 1.807) is 13.2 Å². The highest BCUT2D eigenvalue weighted by molar-refractivity contribution is 6.30. The smallest absolute Gasteiger partial charge is 0.224 e. The Bertz CT molecular complexity index is 629. The van der Waals surface area contributed by atoms with Crippen LogP contribution in [0.2, 0.25) is 5.02 Å². The predicted octanol–water partition coefficient (Wildman–Crippen LogP) is 3.35. The van der Waals surface area contributed by atoms with Gasteiger partial charge in [0.25, 0.3) is 0 Å². The molecule has 1 amide bonds. The van der Waals surface area contributed by atoms with Crippen LogP contribution < -0.4 is 10.1 Å². The minimum Gasteiger partial charge on any atom is -0.497 e. The van der Waals surface area contributed by atoms with E-state index in [9.17, 15) is 9.18 Å². The predicted molar refractivity (Wildman–Crippen MR) is 80.0 cm³/mol. The molecule has 2 aromatic rings. The topological polar surface area (TPSA) is 38.3 Å². The number of amides is 1. The second-order valence-electron chi connectivity index (χ2n) is 4.54. The lowest BCUT2D eigenvalue weighted by atomic mass is 10.1. The van der Waals surface area contributed by atoms with Crippen molar-refractivity contribution in [2.75, 3.05) is 7.11 Å². The van der Waals surface area contributed by atoms with E-state index in [0.29, 0.717) is 17.1 Å². The molecule has 3 nitrogen and oxygen atoms in total. The van der Waals surface area contributed by atoms with Crippen LogP contribution in [0.25, 0.3) is 0 Å². The molecule has 0 aliphatic heterocycles. The van der Waals surface area contributed by atoms with Crippen LogP contribution in [-0.2, 0) is 17.8 Å². The monoisotopic (exact) mass is 307 g/mol. The minimum absolute atomic E-state index is 0.0147. The third-order valence-corrected chi connectivity index (χ3v) is 3.25. The quantitative estimate of drug-likeness (QED) is 0.920. The molecule has 0 heterocycles. The Kier molecular flexibility index (Phi) is 5.17. The zero-order valence-electron chi connectivity index (χ0n) is 11.5. The third kappa shape index (κ3) is 4.46. The molecule has 0 saturated carbocycles. The van der Waals surface area contributed by atoms with Gasteiger partial charge in [-0.25, -0.2) is 4.39 Å². The summed E-state index contributed by atoms with van der Waals surface area (Å²) in [4.78, 5) is 11.8. The molecule has 110 valence electrons. The van der Waals surface area contributed by atoms with E-state index in [1.165, 1.54) is 12.1 Å². The highest BCUT2D eigenvalue weighted by atomic mass is 35.5. The van der Waals surface area contributed by atoms with Crippen LogP contribution in [-0.4, -0.2) is 13.0 Å². The van der Waals surface area contributed by atoms with Crippen LogP contribution >= 0.6 is 11.6 Å². The summed E-state index contributed by atoms with van der Waals surface area (Å²) in [6, 6.07) is 11.7. The first-order valence-electron chi connectivity index (χ1n) is 6.42. The molecule has 0 saturated heterocycles. The highest BCUT2D eigenvalue weighted by Gasteiger charge is 2.08. The van der Waals surface area contributed by atoms with Gasteiger partial charge in [-0.1, -0.05) is 29.8 Å². The maximum Gasteiger partial charge on any atom is 0.224 e. The molecule has 0 atom stereocenters. The summed E-state index contributed by atoms with van der Waals surface area (Å²) in [5.41, 5.74) is 1.27. The fourth-order valence-electron chi connectivity index (χ4n) is 1.84. The van der Waals surface area contributed by atoms with Gasteiger partial charge in [-0.3, -0.25) is 4.79 Å². The Balaban J connectivity index is 1.89. The first kappa shape index (κ1) is 15.3. The van der Waals surface area contributed by atoms with Gasteiger partial charge >= 0.3 is 0 Å². The van der Waals surface area contributed by atoms with Gasteiger partial charge in [-0.05, 0) is 35.4 Å². The Morgan fingerprint density at radius 2 is 1.95 bits per heavy atom. The molecule has 5 heteroatoms. The van der Waals surface area contributed by atoms with Gasteiger partial charge in [0.2, 0.25) is 5.91 Å². The Morgan fingerprint density at radius 1 is 1.24 bits per heavy atom. The van der Waals surface area contributed by atoms with Crippen molar-refractivity contribution in [3.8, 4) is 5.75 Å². The van der Waals surface area contributed by atoms with Crippen LogP contribution in [0.3, 0.4) is 0 Å². The maximum absolute atomic E-state index is 13.6. The van der Waals surface area contributed by atoms with E-state index in [0.717, 1.165) is 11.3 Å². The Hall–Kier alpha value is -2.07. The molecule has 0 aromatic heterocycles. The van der Waals surface area contributed by atoms with Gasteiger partial charge in [0.15, 0.2) is 0 Å². The second-order valence-corrected chi connectivity index (χ2v) is 4.97. The molecule has 21 heavy (non-hydrogen) atoms. The van der Waals surface area contributed by atoms with E-state index in [-0.39, 0.29) is 12.3 Å². The van der Waals surface area contributed by atoms with Gasteiger partial charge in [-0.2, -0.15) is 0 Å². The second kappa shape index (κ2) is 7.09. The number of carbonyl (C=O) groups excluding carboxylic acids is 1. The van der Waals surface area contributed by atoms with Crippen molar-refractivity contribution in [3.63, 3.8) is 0 Å². The van der Waals surface area contributed by atoms with E-state index in [2.05, 4.69) is 5.32 Å². The fourth-order valence-corrected chi connectivity index (χ4v) is 2.00. The van der Waals surface area contributed by atoms with Crippen LogP contribution in [0.4, 0.5) is 4.39 Å². The number of benzene rings is 2. The Labute approximate surface area is 127 Å². The SMILES string of the molecule is COc1ccc(CNC(=O)Cc2ccc(Cl)cc2F)cc1. The van der Waals surface area contributed by atoms with Crippen molar-refractivity contribution in [1.29, 1.82) is 0 Å². The summed E-state index contributed by atoms with van der Waals surface area (Å²) < 4.78 is 18.6. The number of ether oxygens (including phenoxy) is 1. The van der Waals surface area contributed by atoms with Crippen molar-refractivity contribution in [1.82, 2.24) is 5.32 Å². The number of carbonyl (C=O) groups is 1. The number of rotatable bonds is 5. The lowest BCUT2D eigenvalue weighted by Crippen LogP contribution is -2.24. The number of methoxy groups -OCH3 is 1. The largest absolute Gasteiger partial charge is 0.497 e. The standard InChI is InChI=1S/C16H15ClFNO2/c1-21-14-6-2-11(3-7-14)10-19-16(20)8-12-4-5-13(17)9-15(12)18/h2-7,9H,8,10H2,1H3,(H,19,20). The van der Waals surface area contributed by atoms with Crippen molar-refractivity contribution < 1.29 is 13.9 Å². The summed E-state index contributed by atoms with van der Waals surface area (Å²) in [6.45, 7) is 0.387. The highest BCUT2D eigenvalue weighted by Crippen LogP contribution is 2.15. The van der Waals surface area contributed by atoms with Crippen LogP contribution in [0.15, 0.2) is 42.5 Å². The molecule has 0 bridgehead atoms. The molecule has 0 aliphatic carbocycles. The van der Waals surface area contributed by atoms with Gasteiger partial charge in [0.05, 0.1) is 13.5 Å². The molecule has 2 rings (SSSR count). The van der Waals surface area contributed by atoms with Gasteiger partial charge in [0, 0.05) is 11.6 Å². The molecule has 0 fully saturated rings. The molecular weight excluding hydrogens is 293 g/mol. The van der Waals surface area contributed by atoms with Gasteiger partial charge in [-0.15, -0.1) is 0 Å². The van der Waals surface area contributed by atoms with Crippen molar-refractivity contribution in [2.24, 2.45) is 0 Å². The zero-order valence-corrected chi connectivity index (χ0v) is 12.3. The lowest BCUT2D eigenvalue weighted by Gasteiger charge is -2.07. The van der Waals surface area contributed by atoms with Gasteiger partial charge in [0.1, 0.15) is 11.6 Å². The Morgan fingerprint density at radius 3 is 2.57 bits per heavy atom. The summed E-state index contributed by atoms with van der Waals surface area (Å²) >= 11 is 5.67. The fraction of sp³-hybridized carbons (Fsp3) is 0.188. The molecule has 0 aliphatic rings. The molecule has 1 N–H and O–H groups in total. The normalized spacial score (nSPS) is 10.2. The summed E-state index contributed by atoms with van der Waals surface area (Å²) in [6.07, 6.45) is -0.0147. The molecular formula is C16H15ClFNO2. The molecule has 0 radical (unpaired) electrons. The van der Waals surface area contributed by atoms with E-state index in [1.807, 2.05) is 24.3 Å². The van der Waals surface area contributed by atoms with Crippen molar-refractivity contribution in [2.45, 2.75) is 13.0 Å². The van der Waals surface area contributed by atoms with Crippen LogP contribution in [0, 0.1) is 5.82 Å². The summed E-state index contributed by atoms with van der Waals surface area (Å²) in [7, 11) is 1.59. The zero-order chi connectivity index (χ0) is 15.2. The molecule has 0 unspecified atom stereocenters. The van der Waals surface area contributed by atoms with Crippen LogP contribution in [0.1, 0.15) is 11.1 Å². The van der Waals surface area contributed by atoms with Crippen LogP contribution in [0.5, 0.6) is 5.75 Å². The molecule has 2 aromatic carbocycles. The lowest BCUT2D eigenvalue weighted by molar-refractivity contribution is -0.120. The average molecular weight is 308 g/mol. The number of hydrogen-bond acceptors (Lipinski definition) is 2. The number of hydrogen-bond donors (Lipinski definition) is 1. The third-order valence-electron chi connectivity index (χ3n) is 3.01. The van der Waals surface area contributed by atoms with E-state index in [4.69, 9.17) is 16.3 Å². The van der Waals surface area contributed by atoms with Crippen molar-refractivity contribution >= 4 is 17.5 Å². The number of nitrogens with one attached hydrogen (secondary N) is 1. The summed E-state index contributed by atoms with van der Waals surface area (Å²) in [5, 5.41) is 3.06. The maximum atomic E-state index is 13.6. The van der Waals surface area contributed by atoms with E-state index < -0.39 is 5.82 Å². The first-order chi connectivity index (χ1) is 10.1. The first-order valence-corrected chi connectivity index (χ1v) is 6.80. The molecule has 0 spiro atoms. The van der Waals surface area contributed by atoms with E-state index >= 15 is 0 Å².